The van der Waals surface area contributed by atoms with Gasteiger partial charge in [0.1, 0.15) is 11.3 Å². The van der Waals surface area contributed by atoms with Crippen LogP contribution >= 0.6 is 0 Å². The van der Waals surface area contributed by atoms with Gasteiger partial charge in [-0.25, -0.2) is 0 Å². The molecule has 0 aliphatic carbocycles. The van der Waals surface area contributed by atoms with Gasteiger partial charge in [-0.05, 0) is 46.5 Å². The second kappa shape index (κ2) is 9.13. The molecule has 1 amide bonds. The van der Waals surface area contributed by atoms with E-state index in [0.29, 0.717) is 12.2 Å². The quantitative estimate of drug-likeness (QED) is 0.486. The topological polar surface area (TPSA) is 71.2 Å². The highest BCUT2D eigenvalue weighted by molar-refractivity contribution is 5.94. The minimum atomic E-state index is -0.420. The Balaban J connectivity index is 1.46. The standard InChI is InChI=1S/C26H22N2O3/c1-31-22-13-7-18(8-14-22)17-27-25(29)23-15-16-24(28-26(23)30)21-11-9-20(10-12-21)19-5-3-2-4-6-19/h2-16H,17H2,1H3,(H,27,29)(H,28,30). The monoisotopic (exact) mass is 410 g/mol. The molecular weight excluding hydrogens is 388 g/mol. The van der Waals surface area contributed by atoms with Gasteiger partial charge >= 0.3 is 0 Å². The lowest BCUT2D eigenvalue weighted by molar-refractivity contribution is 0.0949. The zero-order chi connectivity index (χ0) is 21.6. The SMILES string of the molecule is COc1ccc(CNC(=O)c2ccc(-c3ccc(-c4ccccc4)cc3)[nH]c2=O)cc1. The Morgan fingerprint density at radius 2 is 1.45 bits per heavy atom. The van der Waals surface area contributed by atoms with Crippen molar-refractivity contribution < 1.29 is 9.53 Å². The largest absolute Gasteiger partial charge is 0.497 e. The first kappa shape index (κ1) is 20.2. The summed E-state index contributed by atoms with van der Waals surface area (Å²) < 4.78 is 5.12. The Bertz CT molecular complexity index is 1230. The Labute approximate surface area is 180 Å². The van der Waals surface area contributed by atoms with E-state index in [1.807, 2.05) is 66.7 Å². The number of aromatic amines is 1. The van der Waals surface area contributed by atoms with Gasteiger partial charge in [0.25, 0.3) is 11.5 Å². The van der Waals surface area contributed by atoms with Crippen molar-refractivity contribution in [2.75, 3.05) is 7.11 Å². The summed E-state index contributed by atoms with van der Waals surface area (Å²) >= 11 is 0. The summed E-state index contributed by atoms with van der Waals surface area (Å²) in [4.78, 5) is 27.8. The molecule has 0 fully saturated rings. The normalized spacial score (nSPS) is 10.5. The molecule has 0 unspecified atom stereocenters. The van der Waals surface area contributed by atoms with E-state index in [9.17, 15) is 9.59 Å². The molecule has 0 saturated heterocycles. The number of methoxy groups -OCH3 is 1. The first-order chi connectivity index (χ1) is 15.1. The van der Waals surface area contributed by atoms with E-state index in [-0.39, 0.29) is 5.56 Å². The molecule has 0 aliphatic heterocycles. The summed E-state index contributed by atoms with van der Waals surface area (Å²) in [5.74, 6) is 0.335. The van der Waals surface area contributed by atoms with Crippen LogP contribution < -0.4 is 15.6 Å². The lowest BCUT2D eigenvalue weighted by atomic mass is 10.0. The van der Waals surface area contributed by atoms with Crippen molar-refractivity contribution in [1.82, 2.24) is 10.3 Å². The second-order valence-electron chi connectivity index (χ2n) is 7.09. The van der Waals surface area contributed by atoms with Crippen LogP contribution in [0, 0.1) is 0 Å². The highest BCUT2D eigenvalue weighted by Crippen LogP contribution is 2.23. The Morgan fingerprint density at radius 3 is 2.10 bits per heavy atom. The summed E-state index contributed by atoms with van der Waals surface area (Å²) in [6.45, 7) is 0.324. The van der Waals surface area contributed by atoms with Gasteiger partial charge in [0.15, 0.2) is 0 Å². The third-order valence-corrected chi connectivity index (χ3v) is 5.07. The summed E-state index contributed by atoms with van der Waals surface area (Å²) in [5, 5.41) is 2.78. The van der Waals surface area contributed by atoms with Crippen LogP contribution in [0.25, 0.3) is 22.4 Å². The number of carbonyl (C=O) groups is 1. The number of hydrogen-bond acceptors (Lipinski definition) is 3. The van der Waals surface area contributed by atoms with Crippen LogP contribution in [0.5, 0.6) is 5.75 Å². The van der Waals surface area contributed by atoms with Crippen molar-refractivity contribution in [1.29, 1.82) is 0 Å². The molecule has 2 N–H and O–H groups in total. The molecule has 0 radical (unpaired) electrons. The maximum absolute atomic E-state index is 12.5. The van der Waals surface area contributed by atoms with Gasteiger partial charge in [-0.15, -0.1) is 0 Å². The fraction of sp³-hybridized carbons (Fsp3) is 0.0769. The molecule has 0 bridgehead atoms. The first-order valence-electron chi connectivity index (χ1n) is 9.94. The Morgan fingerprint density at radius 1 is 0.806 bits per heavy atom. The number of aromatic nitrogens is 1. The average Bonchev–Trinajstić information content (AvgIpc) is 2.83. The van der Waals surface area contributed by atoms with E-state index in [0.717, 1.165) is 28.0 Å². The van der Waals surface area contributed by atoms with Crippen molar-refractivity contribution in [3.05, 3.63) is 112 Å². The van der Waals surface area contributed by atoms with Crippen LogP contribution in [0.3, 0.4) is 0 Å². The van der Waals surface area contributed by atoms with Gasteiger partial charge in [0.05, 0.1) is 7.11 Å². The van der Waals surface area contributed by atoms with Crippen molar-refractivity contribution in [2.45, 2.75) is 6.54 Å². The maximum Gasteiger partial charge on any atom is 0.261 e. The van der Waals surface area contributed by atoms with Crippen LogP contribution in [-0.4, -0.2) is 18.0 Å². The molecule has 0 spiro atoms. The van der Waals surface area contributed by atoms with Gasteiger partial charge in [0, 0.05) is 12.2 Å². The Kier molecular flexibility index (Phi) is 5.94. The van der Waals surface area contributed by atoms with Crippen molar-refractivity contribution >= 4 is 5.91 Å². The van der Waals surface area contributed by atoms with E-state index >= 15 is 0 Å². The van der Waals surface area contributed by atoms with Crippen LogP contribution in [0.1, 0.15) is 15.9 Å². The van der Waals surface area contributed by atoms with Gasteiger partial charge in [-0.1, -0.05) is 66.7 Å². The summed E-state index contributed by atoms with van der Waals surface area (Å²) in [5.41, 5.74) is 4.35. The summed E-state index contributed by atoms with van der Waals surface area (Å²) in [6.07, 6.45) is 0. The molecule has 5 nitrogen and oxygen atoms in total. The lowest BCUT2D eigenvalue weighted by Crippen LogP contribution is -2.29. The zero-order valence-electron chi connectivity index (χ0n) is 17.1. The highest BCUT2D eigenvalue weighted by Gasteiger charge is 2.11. The number of amides is 1. The highest BCUT2D eigenvalue weighted by atomic mass is 16.5. The van der Waals surface area contributed by atoms with Gasteiger partial charge in [0.2, 0.25) is 0 Å². The maximum atomic E-state index is 12.5. The van der Waals surface area contributed by atoms with Crippen molar-refractivity contribution in [2.24, 2.45) is 0 Å². The fourth-order valence-corrected chi connectivity index (χ4v) is 3.31. The summed E-state index contributed by atoms with van der Waals surface area (Å²) in [7, 11) is 1.60. The predicted molar refractivity (Wildman–Crippen MR) is 122 cm³/mol. The van der Waals surface area contributed by atoms with E-state index in [4.69, 9.17) is 4.74 Å². The van der Waals surface area contributed by atoms with E-state index in [2.05, 4.69) is 22.4 Å². The molecule has 154 valence electrons. The summed E-state index contributed by atoms with van der Waals surface area (Å²) in [6, 6.07) is 28.7. The molecule has 3 aromatic carbocycles. The van der Waals surface area contributed by atoms with E-state index in [1.54, 1.807) is 19.2 Å². The third-order valence-electron chi connectivity index (χ3n) is 5.07. The number of benzene rings is 3. The zero-order valence-corrected chi connectivity index (χ0v) is 17.1. The van der Waals surface area contributed by atoms with E-state index in [1.165, 1.54) is 0 Å². The number of pyridine rings is 1. The molecule has 31 heavy (non-hydrogen) atoms. The molecule has 1 aromatic heterocycles. The van der Waals surface area contributed by atoms with Gasteiger partial charge in [-0.3, -0.25) is 9.59 Å². The third kappa shape index (κ3) is 4.73. The lowest BCUT2D eigenvalue weighted by Gasteiger charge is -2.08. The molecular formula is C26H22N2O3. The minimum absolute atomic E-state index is 0.0816. The van der Waals surface area contributed by atoms with Crippen LogP contribution in [0.2, 0.25) is 0 Å². The first-order valence-corrected chi connectivity index (χ1v) is 9.94. The molecule has 0 saturated carbocycles. The predicted octanol–water partition coefficient (Wildman–Crippen LogP) is 4.65. The second-order valence-corrected chi connectivity index (χ2v) is 7.09. The molecule has 4 rings (SSSR count). The minimum Gasteiger partial charge on any atom is -0.497 e. The number of nitrogens with one attached hydrogen (secondary N) is 2. The molecule has 5 heteroatoms. The smallest absolute Gasteiger partial charge is 0.261 e. The number of rotatable bonds is 6. The Hall–Kier alpha value is -4.12. The van der Waals surface area contributed by atoms with Gasteiger partial charge in [-0.2, -0.15) is 0 Å². The number of carbonyl (C=O) groups excluding carboxylic acids is 1. The molecule has 0 atom stereocenters. The van der Waals surface area contributed by atoms with Crippen LogP contribution in [0.15, 0.2) is 95.8 Å². The number of H-pyrrole nitrogens is 1. The van der Waals surface area contributed by atoms with E-state index < -0.39 is 11.5 Å². The molecule has 0 aliphatic rings. The molecule has 4 aromatic rings. The number of hydrogen-bond donors (Lipinski definition) is 2. The van der Waals surface area contributed by atoms with Gasteiger partial charge < -0.3 is 15.0 Å². The molecule has 1 heterocycles. The van der Waals surface area contributed by atoms with Crippen molar-refractivity contribution in [3.8, 4) is 28.1 Å². The number of ether oxygens (including phenoxy) is 1. The fourth-order valence-electron chi connectivity index (χ4n) is 3.31. The van der Waals surface area contributed by atoms with Crippen molar-refractivity contribution in [3.63, 3.8) is 0 Å². The van der Waals surface area contributed by atoms with Crippen LogP contribution in [-0.2, 0) is 6.54 Å². The van der Waals surface area contributed by atoms with Crippen LogP contribution in [0.4, 0.5) is 0 Å². The average molecular weight is 410 g/mol.